The van der Waals surface area contributed by atoms with Gasteiger partial charge >= 0.3 is 0 Å². The van der Waals surface area contributed by atoms with Crippen LogP contribution in [0.4, 0.5) is 0 Å². The van der Waals surface area contributed by atoms with Gasteiger partial charge in [0.1, 0.15) is 0 Å². The molecule has 0 unspecified atom stereocenters. The van der Waals surface area contributed by atoms with Gasteiger partial charge in [-0.2, -0.15) is 5.10 Å². The maximum atomic E-state index is 12.6. The monoisotopic (exact) mass is 493 g/mol. The fourth-order valence-corrected chi connectivity index (χ4v) is 4.45. The summed E-state index contributed by atoms with van der Waals surface area (Å²) in [5.41, 5.74) is 8.35. The van der Waals surface area contributed by atoms with Gasteiger partial charge in [0.15, 0.2) is 0 Å². The first-order chi connectivity index (χ1) is 16.2. The fourth-order valence-electron chi connectivity index (χ4n) is 3.98. The van der Waals surface area contributed by atoms with Crippen molar-refractivity contribution in [2.75, 3.05) is 0 Å². The molecular weight excluding hydrogens is 474 g/mol. The number of carbonyl (C=O) groups excluding carboxylic acids is 1. The minimum Gasteiger partial charge on any atom is -0.309 e. The van der Waals surface area contributed by atoms with Crippen LogP contribution in [0.15, 0.2) is 119 Å². The zero-order valence-corrected chi connectivity index (χ0v) is 19.2. The molecular formula is C28H20BrN3O. The summed E-state index contributed by atoms with van der Waals surface area (Å²) in [5, 5.41) is 5.40. The molecule has 4 nitrogen and oxygen atoms in total. The smallest absolute Gasteiger partial charge is 0.272 e. The average molecular weight is 494 g/mol. The van der Waals surface area contributed by atoms with E-state index in [1.165, 1.54) is 0 Å². The van der Waals surface area contributed by atoms with Gasteiger partial charge in [0, 0.05) is 21.1 Å². The highest BCUT2D eigenvalue weighted by Gasteiger charge is 2.18. The van der Waals surface area contributed by atoms with Gasteiger partial charge in [0.2, 0.25) is 0 Å². The Labute approximate surface area is 200 Å². The summed E-state index contributed by atoms with van der Waals surface area (Å²) in [6.07, 6.45) is 1.73. The van der Waals surface area contributed by atoms with Crippen molar-refractivity contribution in [1.29, 1.82) is 0 Å². The van der Waals surface area contributed by atoms with Crippen LogP contribution in [0, 0.1) is 0 Å². The predicted octanol–water partition coefficient (Wildman–Crippen LogP) is 6.82. The molecule has 0 radical (unpaired) electrons. The molecule has 0 saturated carbocycles. The number of nitrogens with zero attached hydrogens (tertiary/aromatic N) is 2. The van der Waals surface area contributed by atoms with Gasteiger partial charge in [-0.05, 0) is 51.8 Å². The summed E-state index contributed by atoms with van der Waals surface area (Å²) in [6.45, 7) is 0. The Kier molecular flexibility index (Phi) is 5.87. The van der Waals surface area contributed by atoms with Crippen LogP contribution >= 0.6 is 15.9 Å². The lowest BCUT2D eigenvalue weighted by Gasteiger charge is -2.12. The molecule has 0 atom stereocenters. The highest BCUT2D eigenvalue weighted by molar-refractivity contribution is 9.10. The molecule has 0 aliphatic carbocycles. The van der Waals surface area contributed by atoms with Crippen LogP contribution in [0.5, 0.6) is 0 Å². The van der Waals surface area contributed by atoms with E-state index >= 15 is 0 Å². The molecule has 1 heterocycles. The number of hydrazone groups is 1. The number of benzene rings is 4. The molecule has 160 valence electrons. The Morgan fingerprint density at radius 1 is 0.788 bits per heavy atom. The van der Waals surface area contributed by atoms with Crippen molar-refractivity contribution >= 4 is 39.0 Å². The molecule has 1 N–H and O–H groups in total. The Hall–Kier alpha value is -3.96. The van der Waals surface area contributed by atoms with Crippen molar-refractivity contribution in [3.8, 4) is 16.9 Å². The van der Waals surface area contributed by atoms with E-state index in [4.69, 9.17) is 0 Å². The number of aromatic nitrogens is 1. The molecule has 0 spiro atoms. The maximum Gasteiger partial charge on any atom is 0.272 e. The van der Waals surface area contributed by atoms with E-state index in [9.17, 15) is 4.79 Å². The van der Waals surface area contributed by atoms with Crippen molar-refractivity contribution in [2.24, 2.45) is 5.10 Å². The second-order valence-corrected chi connectivity index (χ2v) is 8.35. The van der Waals surface area contributed by atoms with E-state index in [0.29, 0.717) is 5.56 Å². The number of para-hydroxylation sites is 2. The largest absolute Gasteiger partial charge is 0.309 e. The quantitative estimate of drug-likeness (QED) is 0.211. The second-order valence-electron chi connectivity index (χ2n) is 7.50. The Balaban J connectivity index is 1.65. The lowest BCUT2D eigenvalue weighted by Crippen LogP contribution is -2.18. The third kappa shape index (κ3) is 4.11. The SMILES string of the molecule is O=C(NN=Cc1c(-c2ccccc2)n(-c2ccccc2)c2ccccc12)c1ccccc1Br. The number of hydrogen-bond donors (Lipinski definition) is 1. The second kappa shape index (κ2) is 9.27. The standard InChI is InChI=1S/C28H20BrN3O/c29-25-17-9-7-16-23(25)28(33)31-30-19-24-22-15-8-10-18-26(22)32(21-13-5-2-6-14-21)27(24)20-11-3-1-4-12-20/h1-19H,(H,31,33). The molecule has 4 aromatic carbocycles. The lowest BCUT2D eigenvalue weighted by atomic mass is 10.1. The minimum atomic E-state index is -0.271. The Bertz CT molecular complexity index is 1460. The predicted molar refractivity (Wildman–Crippen MR) is 138 cm³/mol. The van der Waals surface area contributed by atoms with Crippen LogP contribution in [0.3, 0.4) is 0 Å². The van der Waals surface area contributed by atoms with Crippen molar-refractivity contribution in [3.05, 3.63) is 125 Å². The molecule has 0 aliphatic rings. The van der Waals surface area contributed by atoms with Gasteiger partial charge in [0.05, 0.1) is 23.0 Å². The first kappa shape index (κ1) is 20.9. The van der Waals surface area contributed by atoms with Crippen LogP contribution in [0.1, 0.15) is 15.9 Å². The van der Waals surface area contributed by atoms with Gasteiger partial charge in [-0.1, -0.05) is 78.9 Å². The number of carbonyl (C=O) groups is 1. The summed E-state index contributed by atoms with van der Waals surface area (Å²) < 4.78 is 2.96. The molecule has 0 bridgehead atoms. The first-order valence-electron chi connectivity index (χ1n) is 10.6. The minimum absolute atomic E-state index is 0.271. The van der Waals surface area contributed by atoms with Gasteiger partial charge < -0.3 is 4.57 Å². The zero-order valence-electron chi connectivity index (χ0n) is 17.7. The Morgan fingerprint density at radius 2 is 1.42 bits per heavy atom. The van der Waals surface area contributed by atoms with E-state index in [1.807, 2.05) is 66.7 Å². The number of amides is 1. The van der Waals surface area contributed by atoms with Crippen LogP contribution < -0.4 is 5.43 Å². The van der Waals surface area contributed by atoms with Crippen LogP contribution in [0.25, 0.3) is 27.8 Å². The van der Waals surface area contributed by atoms with Crippen molar-refractivity contribution < 1.29 is 4.79 Å². The molecule has 0 saturated heterocycles. The van der Waals surface area contributed by atoms with E-state index in [-0.39, 0.29) is 5.91 Å². The molecule has 5 heteroatoms. The number of rotatable bonds is 5. The summed E-state index contributed by atoms with van der Waals surface area (Å²) in [5.74, 6) is -0.271. The highest BCUT2D eigenvalue weighted by atomic mass is 79.9. The summed E-state index contributed by atoms with van der Waals surface area (Å²) in [7, 11) is 0. The van der Waals surface area contributed by atoms with Crippen LogP contribution in [-0.2, 0) is 0 Å². The van der Waals surface area contributed by atoms with Crippen LogP contribution in [0.2, 0.25) is 0 Å². The third-order valence-corrected chi connectivity index (χ3v) is 6.15. The maximum absolute atomic E-state index is 12.6. The van der Waals surface area contributed by atoms with Gasteiger partial charge in [0.25, 0.3) is 5.91 Å². The van der Waals surface area contributed by atoms with E-state index in [2.05, 4.69) is 67.4 Å². The lowest BCUT2D eigenvalue weighted by molar-refractivity contribution is 0.0954. The first-order valence-corrected chi connectivity index (χ1v) is 11.4. The van der Waals surface area contributed by atoms with E-state index < -0.39 is 0 Å². The van der Waals surface area contributed by atoms with E-state index in [1.54, 1.807) is 12.3 Å². The average Bonchev–Trinajstić information content (AvgIpc) is 3.19. The highest BCUT2D eigenvalue weighted by Crippen LogP contribution is 2.35. The molecule has 5 rings (SSSR count). The molecule has 5 aromatic rings. The van der Waals surface area contributed by atoms with Crippen molar-refractivity contribution in [3.63, 3.8) is 0 Å². The Morgan fingerprint density at radius 3 is 2.18 bits per heavy atom. The zero-order chi connectivity index (χ0) is 22.6. The van der Waals surface area contributed by atoms with Gasteiger partial charge in [-0.25, -0.2) is 5.43 Å². The van der Waals surface area contributed by atoms with Crippen molar-refractivity contribution in [1.82, 2.24) is 9.99 Å². The number of fused-ring (bicyclic) bond motifs is 1. The number of halogens is 1. The third-order valence-electron chi connectivity index (χ3n) is 5.45. The molecule has 0 fully saturated rings. The molecule has 1 aromatic heterocycles. The fraction of sp³-hybridized carbons (Fsp3) is 0. The molecule has 0 aliphatic heterocycles. The topological polar surface area (TPSA) is 46.4 Å². The number of hydrogen-bond acceptors (Lipinski definition) is 2. The number of nitrogens with one attached hydrogen (secondary N) is 1. The molecule has 33 heavy (non-hydrogen) atoms. The van der Waals surface area contributed by atoms with Gasteiger partial charge in [-0.3, -0.25) is 4.79 Å². The van der Waals surface area contributed by atoms with Crippen LogP contribution in [-0.4, -0.2) is 16.7 Å². The van der Waals surface area contributed by atoms with E-state index in [0.717, 1.165) is 37.9 Å². The normalized spacial score (nSPS) is 11.2. The summed E-state index contributed by atoms with van der Waals surface area (Å²) in [4.78, 5) is 12.6. The summed E-state index contributed by atoms with van der Waals surface area (Å²) in [6, 6.07) is 36.0. The summed E-state index contributed by atoms with van der Waals surface area (Å²) >= 11 is 3.42. The molecule has 1 amide bonds. The van der Waals surface area contributed by atoms with Crippen molar-refractivity contribution in [2.45, 2.75) is 0 Å². The van der Waals surface area contributed by atoms with Gasteiger partial charge in [-0.15, -0.1) is 0 Å².